The van der Waals surface area contributed by atoms with E-state index in [4.69, 9.17) is 0 Å². The van der Waals surface area contributed by atoms with Crippen molar-refractivity contribution >= 4 is 27.5 Å². The molecule has 2 atom stereocenters. The second-order valence-electron chi connectivity index (χ2n) is 9.58. The summed E-state index contributed by atoms with van der Waals surface area (Å²) in [7, 11) is 0. The Morgan fingerprint density at radius 2 is 1.17 bits per heavy atom. The molecule has 0 bridgehead atoms. The first-order valence-electron chi connectivity index (χ1n) is 12.4. The highest BCUT2D eigenvalue weighted by Gasteiger charge is 2.85. The molecule has 2 rings (SSSR count). The van der Waals surface area contributed by atoms with E-state index in [0.717, 1.165) is 27.6 Å². The van der Waals surface area contributed by atoms with Crippen LogP contribution in [0.4, 0.5) is 70.2 Å². The fraction of sp³-hybridized carbons (Fsp3) is 0.462. The number of hydrogen-bond acceptors (Lipinski definition) is 5. The molecule has 0 aliphatic carbocycles. The van der Waals surface area contributed by atoms with Gasteiger partial charge in [0, 0.05) is 12.0 Å². The lowest BCUT2D eigenvalue weighted by molar-refractivity contribution is -0.545. The summed E-state index contributed by atoms with van der Waals surface area (Å²) in [4.78, 5) is 24.6. The number of benzene rings is 2. The Morgan fingerprint density at radius 1 is 0.667 bits per heavy atom. The monoisotopic (exact) mass is 792 g/mol. The molecule has 0 spiro atoms. The van der Waals surface area contributed by atoms with Crippen molar-refractivity contribution in [2.24, 2.45) is 0 Å². The van der Waals surface area contributed by atoms with E-state index in [1.807, 2.05) is 6.92 Å². The van der Waals surface area contributed by atoms with Crippen LogP contribution in [-0.2, 0) is 22.3 Å². The highest BCUT2D eigenvalue weighted by Crippen LogP contribution is 2.57. The van der Waals surface area contributed by atoms with Crippen molar-refractivity contribution in [1.29, 1.82) is 0 Å². The zero-order valence-electron chi connectivity index (χ0n) is 23.4. The van der Waals surface area contributed by atoms with Crippen LogP contribution in [0.3, 0.4) is 0 Å². The Labute approximate surface area is 266 Å². The molecular weight excluding hydrogens is 776 g/mol. The number of Topliss-reactive ketones (excluding diaryl/α,β-unsaturated/α-hetero) is 2. The predicted octanol–water partition coefficient (Wildman–Crippen LogP) is 9.51. The number of carbonyl (C=O) groups excluding carboxylic acids is 2. The van der Waals surface area contributed by atoms with Gasteiger partial charge in [0.15, 0.2) is 11.6 Å². The SMILES string of the molecule is CCc1ccc(CC(=O)c2ccc(C(C)=O)c(OC(F)(F)C(F)(Br)OC(F)(F)C(F)(OC(F)(F)C(F)(F)C(F)(F)F)C(F)(F)F)c2)cc1. The van der Waals surface area contributed by atoms with Gasteiger partial charge in [-0.2, -0.15) is 70.2 Å². The molecule has 0 saturated carbocycles. The lowest BCUT2D eigenvalue weighted by atomic mass is 9.99. The second kappa shape index (κ2) is 13.3. The van der Waals surface area contributed by atoms with E-state index in [2.05, 4.69) is 9.47 Å². The summed E-state index contributed by atoms with van der Waals surface area (Å²) >= 11 is 0.971. The van der Waals surface area contributed by atoms with E-state index in [1.165, 1.54) is 12.1 Å². The first kappa shape index (κ1) is 41.0. The average molecular weight is 793 g/mol. The molecule has 0 fully saturated rings. The third-order valence-electron chi connectivity index (χ3n) is 6.04. The molecule has 0 aliphatic rings. The van der Waals surface area contributed by atoms with Gasteiger partial charge in [-0.05, 0) is 52.5 Å². The number of rotatable bonds is 14. The van der Waals surface area contributed by atoms with E-state index < -0.39 is 82.1 Å². The van der Waals surface area contributed by atoms with Gasteiger partial charge in [0.25, 0.3) is 0 Å². The summed E-state index contributed by atoms with van der Waals surface area (Å²) in [6.07, 6.45) is -37.0. The highest BCUT2D eigenvalue weighted by molar-refractivity contribution is 9.10. The molecule has 0 aromatic heterocycles. The number of halogens is 17. The van der Waals surface area contributed by atoms with E-state index in [-0.39, 0.29) is 0 Å². The largest absolute Gasteiger partial charge is 0.471 e. The number of carbonyl (C=O) groups is 2. The van der Waals surface area contributed by atoms with Crippen molar-refractivity contribution in [3.8, 4) is 5.75 Å². The Kier molecular flexibility index (Phi) is 11.4. The van der Waals surface area contributed by atoms with Gasteiger partial charge in [0.2, 0.25) is 0 Å². The van der Waals surface area contributed by atoms with Gasteiger partial charge >= 0.3 is 47.2 Å². The lowest BCUT2D eigenvalue weighted by Gasteiger charge is -2.40. The van der Waals surface area contributed by atoms with Crippen molar-refractivity contribution in [2.45, 2.75) is 73.9 Å². The van der Waals surface area contributed by atoms with E-state index in [1.54, 1.807) is 16.9 Å². The van der Waals surface area contributed by atoms with Gasteiger partial charge in [0.05, 0.1) is 5.56 Å². The van der Waals surface area contributed by atoms with Crippen molar-refractivity contribution in [2.75, 3.05) is 0 Å². The van der Waals surface area contributed by atoms with Crippen LogP contribution in [0.25, 0.3) is 0 Å². The zero-order chi connectivity index (χ0) is 37.5. The van der Waals surface area contributed by atoms with Gasteiger partial charge in [-0.15, -0.1) is 0 Å². The Balaban J connectivity index is 2.50. The summed E-state index contributed by atoms with van der Waals surface area (Å²) in [6, 6.07) is 8.05. The number of ether oxygens (including phenoxy) is 3. The van der Waals surface area contributed by atoms with Crippen molar-refractivity contribution in [3.05, 3.63) is 64.7 Å². The molecule has 2 aromatic rings. The average Bonchev–Trinajstić information content (AvgIpc) is 2.90. The van der Waals surface area contributed by atoms with Crippen molar-refractivity contribution in [3.63, 3.8) is 0 Å². The molecule has 0 N–H and O–H groups in total. The van der Waals surface area contributed by atoms with Crippen LogP contribution in [0.15, 0.2) is 42.5 Å². The maximum atomic E-state index is 14.8. The smallest absolute Gasteiger partial charge is 0.427 e. The molecule has 5 nitrogen and oxygen atoms in total. The molecule has 2 unspecified atom stereocenters. The molecule has 2 aromatic carbocycles. The lowest BCUT2D eigenvalue weighted by Crippen LogP contribution is -2.67. The molecule has 270 valence electrons. The molecule has 0 saturated heterocycles. The van der Waals surface area contributed by atoms with Crippen molar-refractivity contribution in [1.82, 2.24) is 0 Å². The van der Waals surface area contributed by atoms with Gasteiger partial charge in [0.1, 0.15) is 5.75 Å². The van der Waals surface area contributed by atoms with Crippen LogP contribution in [0, 0.1) is 0 Å². The van der Waals surface area contributed by atoms with Gasteiger partial charge < -0.3 is 4.74 Å². The molecule has 0 amide bonds. The van der Waals surface area contributed by atoms with Crippen molar-refractivity contribution < 1.29 is 94.0 Å². The normalized spacial score (nSPS) is 16.2. The van der Waals surface area contributed by atoms with Crippen LogP contribution < -0.4 is 4.74 Å². The van der Waals surface area contributed by atoms with Crippen LogP contribution in [0.2, 0.25) is 0 Å². The maximum Gasteiger partial charge on any atom is 0.471 e. The fourth-order valence-corrected chi connectivity index (χ4v) is 3.71. The van der Waals surface area contributed by atoms with Gasteiger partial charge in [-0.3, -0.25) is 19.1 Å². The summed E-state index contributed by atoms with van der Waals surface area (Å²) in [6.45, 7) is 2.48. The molecule has 0 aliphatic heterocycles. The van der Waals surface area contributed by atoms with Crippen LogP contribution in [-0.4, -0.2) is 58.8 Å². The first-order valence-corrected chi connectivity index (χ1v) is 13.2. The Bertz CT molecular complexity index is 1490. The van der Waals surface area contributed by atoms with E-state index in [0.29, 0.717) is 31.0 Å². The Morgan fingerprint density at radius 3 is 1.60 bits per heavy atom. The van der Waals surface area contributed by atoms with Crippen LogP contribution in [0.5, 0.6) is 5.75 Å². The molecule has 0 radical (unpaired) electrons. The first-order chi connectivity index (χ1) is 21.4. The third-order valence-corrected chi connectivity index (χ3v) is 6.66. The maximum absolute atomic E-state index is 14.8. The highest BCUT2D eigenvalue weighted by atomic mass is 79.9. The molecule has 22 heteroatoms. The zero-order valence-corrected chi connectivity index (χ0v) is 25.0. The molecular formula is C26H17BrF16O5. The minimum atomic E-state index is -7.91. The summed E-state index contributed by atoms with van der Waals surface area (Å²) < 4.78 is 218. The third kappa shape index (κ3) is 8.17. The summed E-state index contributed by atoms with van der Waals surface area (Å²) in [5, 5.41) is 0. The number of ketones is 2. The quantitative estimate of drug-likeness (QED) is 0.108. The van der Waals surface area contributed by atoms with Crippen LogP contribution >= 0.6 is 15.9 Å². The molecule has 48 heavy (non-hydrogen) atoms. The molecule has 0 heterocycles. The second-order valence-corrected chi connectivity index (χ2v) is 10.6. The predicted molar refractivity (Wildman–Crippen MR) is 132 cm³/mol. The summed E-state index contributed by atoms with van der Waals surface area (Å²) in [5.41, 5.74) is -0.329. The van der Waals surface area contributed by atoms with E-state index in [9.17, 15) is 79.8 Å². The summed E-state index contributed by atoms with van der Waals surface area (Å²) in [5.74, 6) is -19.4. The van der Waals surface area contributed by atoms with Crippen LogP contribution in [0.1, 0.15) is 45.7 Å². The minimum absolute atomic E-state index is 0.312. The number of alkyl halides is 17. The number of hydrogen-bond donors (Lipinski definition) is 0. The minimum Gasteiger partial charge on any atom is -0.427 e. The fourth-order valence-electron chi connectivity index (χ4n) is 3.42. The standard InChI is InChI=1S/C26H17BrF16O5/c1-3-13-4-6-14(7-5-13)10-17(45)15-8-9-16(12(2)44)18(11-15)46-26(42,43)21(27,31)48-25(40,41)20(30,23(35,36)37)47-24(38,39)19(28,29)22(32,33)34/h4-9,11H,3,10H2,1-2H3. The van der Waals surface area contributed by atoms with E-state index >= 15 is 0 Å². The van der Waals surface area contributed by atoms with Gasteiger partial charge in [-0.25, -0.2) is 0 Å². The Hall–Kier alpha value is -3.14. The topological polar surface area (TPSA) is 61.8 Å². The van der Waals surface area contributed by atoms with Gasteiger partial charge in [-0.1, -0.05) is 37.3 Å². The number of aryl methyl sites for hydroxylation is 1.